The van der Waals surface area contributed by atoms with Crippen molar-refractivity contribution in [1.82, 2.24) is 4.98 Å². The Morgan fingerprint density at radius 3 is 2.44 bits per heavy atom. The first-order chi connectivity index (χ1) is 15.4. The largest absolute Gasteiger partial charge is 0.298 e. The Hall–Kier alpha value is -3.20. The van der Waals surface area contributed by atoms with E-state index in [1.54, 1.807) is 48.0 Å². The highest BCUT2D eigenvalue weighted by atomic mass is 35.5. The third kappa shape index (κ3) is 4.99. The first-order valence-corrected chi connectivity index (χ1v) is 12.3. The SMILES string of the molecule is O=C(Nc1nccs1)c1cccc(S(=O)(=O)N(Cc2ccccc2)c2ccc(Cl)cc2)c1. The molecule has 162 valence electrons. The maximum atomic E-state index is 13.7. The van der Waals surface area contributed by atoms with Gasteiger partial charge in [-0.1, -0.05) is 48.0 Å². The van der Waals surface area contributed by atoms with Crippen molar-refractivity contribution in [3.63, 3.8) is 0 Å². The number of amides is 1. The normalized spacial score (nSPS) is 11.2. The van der Waals surface area contributed by atoms with Gasteiger partial charge >= 0.3 is 0 Å². The molecule has 9 heteroatoms. The highest BCUT2D eigenvalue weighted by molar-refractivity contribution is 7.92. The molecular weight excluding hydrogens is 466 g/mol. The highest BCUT2D eigenvalue weighted by Gasteiger charge is 2.26. The van der Waals surface area contributed by atoms with Gasteiger partial charge in [-0.2, -0.15) is 0 Å². The summed E-state index contributed by atoms with van der Waals surface area (Å²) in [6.07, 6.45) is 1.58. The molecule has 4 aromatic rings. The molecule has 1 aromatic heterocycles. The summed E-state index contributed by atoms with van der Waals surface area (Å²) in [5.41, 5.74) is 1.51. The lowest BCUT2D eigenvalue weighted by atomic mass is 10.2. The summed E-state index contributed by atoms with van der Waals surface area (Å²) in [4.78, 5) is 16.6. The minimum atomic E-state index is -3.99. The highest BCUT2D eigenvalue weighted by Crippen LogP contribution is 2.28. The second-order valence-electron chi connectivity index (χ2n) is 6.79. The van der Waals surface area contributed by atoms with E-state index in [0.717, 1.165) is 5.56 Å². The monoisotopic (exact) mass is 483 g/mol. The van der Waals surface area contributed by atoms with Crippen LogP contribution in [0.3, 0.4) is 0 Å². The number of nitrogens with zero attached hydrogens (tertiary/aromatic N) is 2. The van der Waals surface area contributed by atoms with Crippen LogP contribution in [0.1, 0.15) is 15.9 Å². The summed E-state index contributed by atoms with van der Waals surface area (Å²) >= 11 is 7.28. The van der Waals surface area contributed by atoms with Gasteiger partial charge < -0.3 is 0 Å². The van der Waals surface area contributed by atoms with Crippen LogP contribution in [0.25, 0.3) is 0 Å². The van der Waals surface area contributed by atoms with Gasteiger partial charge in [-0.05, 0) is 48.0 Å². The zero-order valence-corrected chi connectivity index (χ0v) is 19.1. The van der Waals surface area contributed by atoms with Gasteiger partial charge in [0.1, 0.15) is 0 Å². The first-order valence-electron chi connectivity index (χ1n) is 9.56. The standard InChI is InChI=1S/C23H18ClN3O3S2/c24-19-9-11-20(12-10-19)27(16-17-5-2-1-3-6-17)32(29,30)21-8-4-7-18(15-21)22(28)26-23-25-13-14-31-23/h1-15H,16H2,(H,25,26,28). The lowest BCUT2D eigenvalue weighted by Gasteiger charge is -2.25. The van der Waals surface area contributed by atoms with Crippen LogP contribution in [-0.2, 0) is 16.6 Å². The van der Waals surface area contributed by atoms with Crippen molar-refractivity contribution in [2.24, 2.45) is 0 Å². The summed E-state index contributed by atoms with van der Waals surface area (Å²) in [6.45, 7) is 0.125. The van der Waals surface area contributed by atoms with E-state index in [4.69, 9.17) is 11.6 Å². The van der Waals surface area contributed by atoms with Crippen LogP contribution in [0.4, 0.5) is 10.8 Å². The Morgan fingerprint density at radius 2 is 1.75 bits per heavy atom. The van der Waals surface area contributed by atoms with E-state index in [9.17, 15) is 13.2 Å². The van der Waals surface area contributed by atoms with E-state index < -0.39 is 15.9 Å². The van der Waals surface area contributed by atoms with Crippen molar-refractivity contribution in [1.29, 1.82) is 0 Å². The number of carbonyl (C=O) groups is 1. The quantitative estimate of drug-likeness (QED) is 0.379. The van der Waals surface area contributed by atoms with Crippen LogP contribution in [0, 0.1) is 0 Å². The van der Waals surface area contributed by atoms with Gasteiger partial charge in [0.15, 0.2) is 5.13 Å². The van der Waals surface area contributed by atoms with Crippen molar-refractivity contribution in [2.45, 2.75) is 11.4 Å². The minimum Gasteiger partial charge on any atom is -0.298 e. The zero-order valence-electron chi connectivity index (χ0n) is 16.7. The van der Waals surface area contributed by atoms with Gasteiger partial charge in [0, 0.05) is 22.2 Å². The van der Waals surface area contributed by atoms with Gasteiger partial charge in [-0.3, -0.25) is 14.4 Å². The Balaban J connectivity index is 1.70. The molecule has 1 amide bonds. The lowest BCUT2D eigenvalue weighted by Crippen LogP contribution is -2.30. The minimum absolute atomic E-state index is 0.00942. The Kier molecular flexibility index (Phi) is 6.55. The predicted octanol–water partition coefficient (Wildman–Crippen LogP) is 5.44. The third-order valence-electron chi connectivity index (χ3n) is 4.62. The van der Waals surface area contributed by atoms with E-state index in [1.807, 2.05) is 30.3 Å². The Labute approximate surface area is 195 Å². The summed E-state index contributed by atoms with van der Waals surface area (Å²) in [7, 11) is -3.99. The molecule has 0 spiro atoms. The van der Waals surface area contributed by atoms with Gasteiger partial charge in [-0.15, -0.1) is 11.3 Å². The van der Waals surface area contributed by atoms with Crippen molar-refractivity contribution in [3.8, 4) is 0 Å². The molecule has 32 heavy (non-hydrogen) atoms. The third-order valence-corrected chi connectivity index (χ3v) is 7.33. The smallest absolute Gasteiger partial charge is 0.264 e. The molecule has 0 saturated carbocycles. The molecule has 0 aliphatic rings. The number of rotatable bonds is 7. The fourth-order valence-corrected chi connectivity index (χ4v) is 5.20. The molecule has 0 saturated heterocycles. The maximum Gasteiger partial charge on any atom is 0.264 e. The number of hydrogen-bond acceptors (Lipinski definition) is 5. The number of nitrogens with one attached hydrogen (secondary N) is 1. The van der Waals surface area contributed by atoms with Gasteiger partial charge in [0.25, 0.3) is 15.9 Å². The summed E-state index contributed by atoms with van der Waals surface area (Å²) < 4.78 is 28.6. The van der Waals surface area contributed by atoms with Crippen molar-refractivity contribution < 1.29 is 13.2 Å². The van der Waals surface area contributed by atoms with Gasteiger partial charge in [0.2, 0.25) is 0 Å². The number of carbonyl (C=O) groups excluding carboxylic acids is 1. The number of thiazole rings is 1. The molecule has 0 unspecified atom stereocenters. The molecule has 3 aromatic carbocycles. The molecule has 1 heterocycles. The molecule has 1 N–H and O–H groups in total. The second kappa shape index (κ2) is 9.52. The molecule has 0 bridgehead atoms. The molecule has 0 fully saturated rings. The number of benzene rings is 3. The van der Waals surface area contributed by atoms with Crippen LogP contribution < -0.4 is 9.62 Å². The maximum absolute atomic E-state index is 13.7. The van der Waals surface area contributed by atoms with E-state index in [1.165, 1.54) is 27.8 Å². The lowest BCUT2D eigenvalue weighted by molar-refractivity contribution is 0.102. The molecule has 0 aliphatic heterocycles. The van der Waals surface area contributed by atoms with Crippen molar-refractivity contribution in [3.05, 3.63) is 107 Å². The van der Waals surface area contributed by atoms with E-state index in [0.29, 0.717) is 15.8 Å². The topological polar surface area (TPSA) is 79.4 Å². The Bertz CT molecular complexity index is 1310. The second-order valence-corrected chi connectivity index (χ2v) is 9.99. The Morgan fingerprint density at radius 1 is 1.00 bits per heavy atom. The summed E-state index contributed by atoms with van der Waals surface area (Å²) in [5, 5.41) is 5.36. The average molecular weight is 484 g/mol. The van der Waals surface area contributed by atoms with Crippen LogP contribution in [0.15, 0.2) is 95.3 Å². The fourth-order valence-electron chi connectivity index (χ4n) is 3.05. The number of aromatic nitrogens is 1. The molecule has 6 nitrogen and oxygen atoms in total. The van der Waals surface area contributed by atoms with Crippen LogP contribution in [-0.4, -0.2) is 19.3 Å². The molecule has 0 radical (unpaired) electrons. The zero-order chi connectivity index (χ0) is 22.6. The summed E-state index contributed by atoms with van der Waals surface area (Å²) in [5.74, 6) is -0.432. The average Bonchev–Trinajstić information content (AvgIpc) is 3.32. The van der Waals surface area contributed by atoms with Crippen molar-refractivity contribution >= 4 is 49.7 Å². The van der Waals surface area contributed by atoms with E-state index in [2.05, 4.69) is 10.3 Å². The predicted molar refractivity (Wildman–Crippen MR) is 128 cm³/mol. The van der Waals surface area contributed by atoms with Crippen LogP contribution in [0.5, 0.6) is 0 Å². The molecular formula is C23H18ClN3O3S2. The van der Waals surface area contributed by atoms with Gasteiger partial charge in [-0.25, -0.2) is 13.4 Å². The summed E-state index contributed by atoms with van der Waals surface area (Å²) in [6, 6.07) is 21.8. The van der Waals surface area contributed by atoms with Crippen molar-refractivity contribution in [2.75, 3.05) is 9.62 Å². The van der Waals surface area contributed by atoms with Gasteiger partial charge in [0.05, 0.1) is 17.1 Å². The van der Waals surface area contributed by atoms with E-state index >= 15 is 0 Å². The van der Waals surface area contributed by atoms with Crippen LogP contribution >= 0.6 is 22.9 Å². The molecule has 0 aliphatic carbocycles. The number of halogens is 1. The number of sulfonamides is 1. The van der Waals surface area contributed by atoms with E-state index in [-0.39, 0.29) is 17.0 Å². The number of hydrogen-bond donors (Lipinski definition) is 1. The number of anilines is 2. The van der Waals surface area contributed by atoms with Crippen LogP contribution in [0.2, 0.25) is 5.02 Å². The molecule has 0 atom stereocenters. The fraction of sp³-hybridized carbons (Fsp3) is 0.0435. The molecule has 4 rings (SSSR count). The first kappa shape index (κ1) is 22.0.